The number of hydrogen-bond acceptors (Lipinski definition) is 9. The summed E-state index contributed by atoms with van der Waals surface area (Å²) in [6, 6.07) is 13.2. The number of amides is 5. The van der Waals surface area contributed by atoms with E-state index in [-0.39, 0.29) is 19.6 Å². The highest BCUT2D eigenvalue weighted by molar-refractivity contribution is 6.06. The number of nitrogens with one attached hydrogen (secondary N) is 3. The lowest BCUT2D eigenvalue weighted by molar-refractivity contribution is -0.157. The Bertz CT molecular complexity index is 1280. The van der Waals surface area contributed by atoms with Crippen molar-refractivity contribution in [1.29, 1.82) is 0 Å². The molecule has 41 heavy (non-hydrogen) atoms. The number of ether oxygens (including phenoxy) is 2. The molecule has 5 N–H and O–H groups in total. The zero-order valence-corrected chi connectivity index (χ0v) is 23.1. The maximum atomic E-state index is 12.8. The van der Waals surface area contributed by atoms with E-state index in [4.69, 9.17) is 15.3 Å². The zero-order chi connectivity index (χ0) is 30.0. The van der Waals surface area contributed by atoms with Crippen LogP contribution < -0.4 is 21.8 Å². The van der Waals surface area contributed by atoms with Crippen LogP contribution in [0.25, 0.3) is 0 Å². The Morgan fingerprint density at radius 3 is 2.39 bits per heavy atom. The summed E-state index contributed by atoms with van der Waals surface area (Å²) >= 11 is 0. The number of nitrogens with two attached hydrogens (primary N) is 1. The number of hydrogen-bond donors (Lipinski definition) is 4. The number of hydrazone groups is 1. The molecule has 0 radical (unpaired) electrons. The maximum Gasteiger partial charge on any atom is 0.408 e. The fraction of sp³-hybridized carbons (Fsp3) is 0.357. The molecule has 13 heteroatoms. The quantitative estimate of drug-likeness (QED) is 0.103. The highest BCUT2D eigenvalue weighted by Crippen LogP contribution is 2.13. The van der Waals surface area contributed by atoms with Gasteiger partial charge in [0.25, 0.3) is 5.91 Å². The van der Waals surface area contributed by atoms with Crippen molar-refractivity contribution in [3.8, 4) is 0 Å². The lowest BCUT2D eigenvalue weighted by Crippen LogP contribution is -2.52. The molecule has 1 aliphatic heterocycles. The van der Waals surface area contributed by atoms with Gasteiger partial charge in [0.15, 0.2) is 0 Å². The summed E-state index contributed by atoms with van der Waals surface area (Å²) in [5.41, 5.74) is 1.45. The Morgan fingerprint density at radius 1 is 1.07 bits per heavy atom. The summed E-state index contributed by atoms with van der Waals surface area (Å²) in [7, 11) is 0. The van der Waals surface area contributed by atoms with Crippen LogP contribution >= 0.6 is 0 Å². The number of benzene rings is 2. The molecular formula is C28H34N6O7. The molecule has 0 bridgehead atoms. The Balaban J connectivity index is 1.55. The highest BCUT2D eigenvalue weighted by atomic mass is 16.6. The molecule has 1 aliphatic rings. The van der Waals surface area contributed by atoms with Crippen LogP contribution in [0.4, 0.5) is 9.59 Å². The minimum atomic E-state index is -1.29. The largest absolute Gasteiger partial charge is 0.458 e. The van der Waals surface area contributed by atoms with E-state index in [9.17, 15) is 24.0 Å². The molecule has 3 rings (SSSR count). The number of imide groups is 1. The van der Waals surface area contributed by atoms with Crippen molar-refractivity contribution in [2.45, 2.75) is 51.5 Å². The Morgan fingerprint density at radius 2 is 1.76 bits per heavy atom. The van der Waals surface area contributed by atoms with Gasteiger partial charge in [-0.3, -0.25) is 14.5 Å². The molecule has 2 atom stereocenters. The second-order valence-corrected chi connectivity index (χ2v) is 10.2. The van der Waals surface area contributed by atoms with Crippen LogP contribution in [0, 0.1) is 0 Å². The first-order chi connectivity index (χ1) is 19.4. The van der Waals surface area contributed by atoms with Crippen molar-refractivity contribution in [3.05, 3.63) is 71.3 Å². The Kier molecular flexibility index (Phi) is 10.4. The SMILES string of the molecule is CC(C)(C)OC(=O)C(CNC(=O)CN1C(=O)NC(Cc2ccc(C=NN)cc2)C1=O)NC(=O)OCc1ccccc1. The van der Waals surface area contributed by atoms with Gasteiger partial charge in [-0.2, -0.15) is 5.10 Å². The zero-order valence-electron chi connectivity index (χ0n) is 23.1. The summed E-state index contributed by atoms with van der Waals surface area (Å²) in [4.78, 5) is 63.8. The van der Waals surface area contributed by atoms with E-state index in [0.717, 1.165) is 21.6 Å². The summed E-state index contributed by atoms with van der Waals surface area (Å²) < 4.78 is 10.5. The molecule has 2 unspecified atom stereocenters. The number of esters is 1. The van der Waals surface area contributed by atoms with Gasteiger partial charge in [0, 0.05) is 13.0 Å². The number of urea groups is 1. The van der Waals surface area contributed by atoms with Gasteiger partial charge in [0.2, 0.25) is 5.91 Å². The lowest BCUT2D eigenvalue weighted by Gasteiger charge is -2.24. The van der Waals surface area contributed by atoms with E-state index in [1.165, 1.54) is 6.21 Å². The topological polar surface area (TPSA) is 182 Å². The monoisotopic (exact) mass is 566 g/mol. The molecule has 218 valence electrons. The van der Waals surface area contributed by atoms with Gasteiger partial charge in [-0.05, 0) is 37.5 Å². The third-order valence-corrected chi connectivity index (χ3v) is 5.75. The van der Waals surface area contributed by atoms with E-state index >= 15 is 0 Å². The molecule has 0 aromatic heterocycles. The predicted molar refractivity (Wildman–Crippen MR) is 148 cm³/mol. The van der Waals surface area contributed by atoms with Gasteiger partial charge in [-0.25, -0.2) is 14.4 Å². The van der Waals surface area contributed by atoms with Crippen LogP contribution in [-0.2, 0) is 36.9 Å². The standard InChI is InChI=1S/C28H34N6O7/c1-28(2,3)41-25(37)22(33-27(39)40-17-20-7-5-4-6-8-20)15-30-23(35)16-34-24(36)21(32-26(34)38)13-18-9-11-19(12-10-18)14-31-29/h4-12,14,21-22H,13,15-17,29H2,1-3H3,(H,30,35)(H,32,38)(H,33,39). The van der Waals surface area contributed by atoms with Crippen molar-refractivity contribution in [1.82, 2.24) is 20.9 Å². The van der Waals surface area contributed by atoms with Gasteiger partial charge < -0.3 is 31.3 Å². The molecule has 13 nitrogen and oxygen atoms in total. The first-order valence-corrected chi connectivity index (χ1v) is 12.9. The van der Waals surface area contributed by atoms with Crippen LogP contribution in [0.15, 0.2) is 59.7 Å². The van der Waals surface area contributed by atoms with E-state index in [1.54, 1.807) is 69.3 Å². The summed E-state index contributed by atoms with van der Waals surface area (Å²) in [6.45, 7) is 4.01. The van der Waals surface area contributed by atoms with E-state index in [1.807, 2.05) is 6.07 Å². The molecule has 5 amide bonds. The Hall–Kier alpha value is -4.94. The van der Waals surface area contributed by atoms with Crippen LogP contribution in [0.1, 0.15) is 37.5 Å². The van der Waals surface area contributed by atoms with E-state index < -0.39 is 54.1 Å². The lowest BCUT2D eigenvalue weighted by atomic mass is 10.0. The van der Waals surface area contributed by atoms with E-state index in [2.05, 4.69) is 21.1 Å². The summed E-state index contributed by atoms with van der Waals surface area (Å²) in [5.74, 6) is 3.06. The first kappa shape index (κ1) is 30.6. The molecule has 1 heterocycles. The molecular weight excluding hydrogens is 532 g/mol. The van der Waals surface area contributed by atoms with Crippen LogP contribution in [-0.4, -0.2) is 71.8 Å². The second kappa shape index (κ2) is 13.9. The number of carbonyl (C=O) groups excluding carboxylic acids is 5. The number of alkyl carbamates (subject to hydrolysis) is 1. The van der Waals surface area contributed by atoms with Gasteiger partial charge in [0.1, 0.15) is 30.8 Å². The number of nitrogens with zero attached hydrogens (tertiary/aromatic N) is 2. The third kappa shape index (κ3) is 9.64. The van der Waals surface area contributed by atoms with E-state index in [0.29, 0.717) is 0 Å². The molecule has 1 saturated heterocycles. The molecule has 1 fully saturated rings. The van der Waals surface area contributed by atoms with Crippen LogP contribution in [0.5, 0.6) is 0 Å². The Labute approximate surface area is 237 Å². The van der Waals surface area contributed by atoms with Crippen molar-refractivity contribution < 1.29 is 33.4 Å². The van der Waals surface area contributed by atoms with Gasteiger partial charge in [0.05, 0.1) is 6.21 Å². The minimum Gasteiger partial charge on any atom is -0.458 e. The molecule has 2 aromatic rings. The van der Waals surface area contributed by atoms with Gasteiger partial charge >= 0.3 is 18.1 Å². The van der Waals surface area contributed by atoms with Crippen molar-refractivity contribution >= 4 is 36.1 Å². The first-order valence-electron chi connectivity index (χ1n) is 12.9. The molecule has 0 saturated carbocycles. The molecule has 2 aromatic carbocycles. The minimum absolute atomic E-state index is 0.0283. The smallest absolute Gasteiger partial charge is 0.408 e. The van der Waals surface area contributed by atoms with Crippen molar-refractivity contribution in [2.75, 3.05) is 13.1 Å². The molecule has 0 spiro atoms. The summed E-state index contributed by atoms with van der Waals surface area (Å²) in [6.07, 6.45) is 0.807. The van der Waals surface area contributed by atoms with Crippen LogP contribution in [0.2, 0.25) is 0 Å². The fourth-order valence-electron chi connectivity index (χ4n) is 3.82. The fourth-order valence-corrected chi connectivity index (χ4v) is 3.82. The number of rotatable bonds is 11. The second-order valence-electron chi connectivity index (χ2n) is 10.2. The average molecular weight is 567 g/mol. The third-order valence-electron chi connectivity index (χ3n) is 5.75. The summed E-state index contributed by atoms with van der Waals surface area (Å²) in [5, 5.41) is 10.9. The number of carbonyl (C=O) groups is 5. The normalized spacial score (nSPS) is 15.8. The van der Waals surface area contributed by atoms with Crippen molar-refractivity contribution in [3.63, 3.8) is 0 Å². The predicted octanol–water partition coefficient (Wildman–Crippen LogP) is 1.20. The van der Waals surface area contributed by atoms with Crippen LogP contribution in [0.3, 0.4) is 0 Å². The van der Waals surface area contributed by atoms with Gasteiger partial charge in [-0.1, -0.05) is 54.6 Å². The average Bonchev–Trinajstić information content (AvgIpc) is 3.17. The maximum absolute atomic E-state index is 12.8. The van der Waals surface area contributed by atoms with Gasteiger partial charge in [-0.15, -0.1) is 0 Å². The highest BCUT2D eigenvalue weighted by Gasteiger charge is 2.39. The molecule has 0 aliphatic carbocycles. The van der Waals surface area contributed by atoms with Crippen molar-refractivity contribution in [2.24, 2.45) is 10.9 Å².